The molecule has 26 heavy (non-hydrogen) atoms. The number of carbonyl (C=O) groups is 1. The van der Waals surface area contributed by atoms with E-state index in [0.29, 0.717) is 45.2 Å². The van der Waals surface area contributed by atoms with Crippen molar-refractivity contribution < 1.29 is 17.9 Å². The van der Waals surface area contributed by atoms with Crippen LogP contribution in [0.2, 0.25) is 5.02 Å². The van der Waals surface area contributed by atoms with Gasteiger partial charge in [0, 0.05) is 38.4 Å². The van der Waals surface area contributed by atoms with Crippen LogP contribution in [-0.4, -0.2) is 51.5 Å². The standard InChI is InChI=1S/C18H27ClN2O4S/c1-3-25-11-5-9-20-18(22)15-7-8-16(19)17(12-15)26(23,24)21-10-4-6-14(2)13-21/h7-8,12,14H,3-6,9-11,13H2,1-2H3,(H,20,22). The summed E-state index contributed by atoms with van der Waals surface area (Å²) in [5, 5.41) is 2.91. The van der Waals surface area contributed by atoms with Gasteiger partial charge in [0.2, 0.25) is 10.0 Å². The molecule has 0 aromatic heterocycles. The van der Waals surface area contributed by atoms with Crippen molar-refractivity contribution >= 4 is 27.5 Å². The van der Waals surface area contributed by atoms with Crippen molar-refractivity contribution in [2.45, 2.75) is 38.0 Å². The first kappa shape index (κ1) is 21.2. The van der Waals surface area contributed by atoms with E-state index in [1.54, 1.807) is 0 Å². The van der Waals surface area contributed by atoms with Gasteiger partial charge in [-0.15, -0.1) is 0 Å². The first-order valence-corrected chi connectivity index (χ1v) is 10.8. The molecule has 1 atom stereocenters. The van der Waals surface area contributed by atoms with Gasteiger partial charge in [-0.3, -0.25) is 4.79 Å². The maximum atomic E-state index is 13.0. The molecule has 1 N–H and O–H groups in total. The van der Waals surface area contributed by atoms with E-state index in [1.807, 2.05) is 13.8 Å². The molecule has 8 heteroatoms. The van der Waals surface area contributed by atoms with Crippen LogP contribution in [0.1, 0.15) is 43.5 Å². The Morgan fingerprint density at radius 1 is 1.42 bits per heavy atom. The van der Waals surface area contributed by atoms with Gasteiger partial charge in [-0.25, -0.2) is 8.42 Å². The molecule has 0 saturated carbocycles. The second-order valence-corrected chi connectivity index (χ2v) is 8.88. The van der Waals surface area contributed by atoms with Crippen LogP contribution in [0.15, 0.2) is 23.1 Å². The van der Waals surface area contributed by atoms with Crippen molar-refractivity contribution in [2.24, 2.45) is 5.92 Å². The summed E-state index contributed by atoms with van der Waals surface area (Å²) in [6.45, 7) is 6.59. The first-order chi connectivity index (χ1) is 12.4. The minimum Gasteiger partial charge on any atom is -0.382 e. The van der Waals surface area contributed by atoms with Crippen molar-refractivity contribution in [1.82, 2.24) is 9.62 Å². The number of ether oxygens (including phenoxy) is 1. The maximum absolute atomic E-state index is 13.0. The lowest BCUT2D eigenvalue weighted by Gasteiger charge is -2.30. The van der Waals surface area contributed by atoms with Crippen LogP contribution in [0, 0.1) is 5.92 Å². The zero-order valence-electron chi connectivity index (χ0n) is 15.3. The van der Waals surface area contributed by atoms with Gasteiger partial charge in [-0.05, 0) is 50.3 Å². The molecule has 1 amide bonds. The SMILES string of the molecule is CCOCCCNC(=O)c1ccc(Cl)c(S(=O)(=O)N2CCCC(C)C2)c1. The van der Waals surface area contributed by atoms with Gasteiger partial charge in [0.25, 0.3) is 5.91 Å². The summed E-state index contributed by atoms with van der Waals surface area (Å²) in [7, 11) is -3.71. The molecule has 1 aromatic carbocycles. The van der Waals surface area contributed by atoms with Crippen LogP contribution in [0.4, 0.5) is 0 Å². The highest BCUT2D eigenvalue weighted by atomic mass is 35.5. The Hall–Kier alpha value is -1.15. The Morgan fingerprint density at radius 2 is 2.19 bits per heavy atom. The van der Waals surface area contributed by atoms with Crippen LogP contribution in [-0.2, 0) is 14.8 Å². The Balaban J connectivity index is 2.12. The van der Waals surface area contributed by atoms with Crippen molar-refractivity contribution in [1.29, 1.82) is 0 Å². The van der Waals surface area contributed by atoms with E-state index in [1.165, 1.54) is 22.5 Å². The summed E-state index contributed by atoms with van der Waals surface area (Å²) in [4.78, 5) is 12.3. The van der Waals surface area contributed by atoms with Crippen molar-refractivity contribution in [3.63, 3.8) is 0 Å². The molecule has 146 valence electrons. The molecular weight excluding hydrogens is 376 g/mol. The first-order valence-electron chi connectivity index (χ1n) is 9.02. The van der Waals surface area contributed by atoms with Gasteiger partial charge in [-0.1, -0.05) is 18.5 Å². The normalized spacial score (nSPS) is 18.7. The topological polar surface area (TPSA) is 75.7 Å². The molecule has 0 radical (unpaired) electrons. The molecule has 6 nitrogen and oxygen atoms in total. The Labute approximate surface area is 160 Å². The Kier molecular flexibility index (Phi) is 7.88. The number of amides is 1. The second-order valence-electron chi connectivity index (χ2n) is 6.56. The molecule has 0 aliphatic carbocycles. The van der Waals surface area contributed by atoms with Crippen LogP contribution in [0.5, 0.6) is 0 Å². The summed E-state index contributed by atoms with van der Waals surface area (Å²) >= 11 is 6.15. The third-order valence-corrected chi connectivity index (χ3v) is 6.73. The fourth-order valence-corrected chi connectivity index (χ4v) is 5.07. The highest BCUT2D eigenvalue weighted by molar-refractivity contribution is 7.89. The summed E-state index contributed by atoms with van der Waals surface area (Å²) in [6.07, 6.45) is 2.55. The minimum atomic E-state index is -3.71. The molecule has 1 fully saturated rings. The number of benzene rings is 1. The number of rotatable bonds is 8. The molecule has 1 aromatic rings. The summed E-state index contributed by atoms with van der Waals surface area (Å²) in [5.41, 5.74) is 0.287. The van der Waals surface area contributed by atoms with E-state index in [9.17, 15) is 13.2 Å². The molecule has 1 saturated heterocycles. The summed E-state index contributed by atoms with van der Waals surface area (Å²) in [6, 6.07) is 4.38. The smallest absolute Gasteiger partial charge is 0.251 e. The summed E-state index contributed by atoms with van der Waals surface area (Å²) < 4.78 is 32.6. The molecule has 1 unspecified atom stereocenters. The van der Waals surface area contributed by atoms with Crippen LogP contribution < -0.4 is 5.32 Å². The second kappa shape index (κ2) is 9.69. The average molecular weight is 403 g/mol. The number of carbonyl (C=O) groups excluding carboxylic acids is 1. The van der Waals surface area contributed by atoms with E-state index in [2.05, 4.69) is 5.32 Å². The number of nitrogens with zero attached hydrogens (tertiary/aromatic N) is 1. The van der Waals surface area contributed by atoms with Crippen LogP contribution in [0.3, 0.4) is 0 Å². The Bertz CT molecular complexity index is 724. The van der Waals surface area contributed by atoms with Gasteiger partial charge >= 0.3 is 0 Å². The van der Waals surface area contributed by atoms with E-state index >= 15 is 0 Å². The van der Waals surface area contributed by atoms with E-state index in [0.717, 1.165) is 12.8 Å². The number of sulfonamides is 1. The zero-order valence-corrected chi connectivity index (χ0v) is 16.9. The molecule has 0 bridgehead atoms. The monoisotopic (exact) mass is 402 g/mol. The number of hydrogen-bond donors (Lipinski definition) is 1. The van der Waals surface area contributed by atoms with Crippen LogP contribution >= 0.6 is 11.6 Å². The third-order valence-electron chi connectivity index (χ3n) is 4.39. The lowest BCUT2D eigenvalue weighted by Crippen LogP contribution is -2.39. The highest BCUT2D eigenvalue weighted by Crippen LogP contribution is 2.29. The largest absolute Gasteiger partial charge is 0.382 e. The Morgan fingerprint density at radius 3 is 2.88 bits per heavy atom. The predicted octanol–water partition coefficient (Wildman–Crippen LogP) is 2.92. The number of nitrogens with one attached hydrogen (secondary N) is 1. The number of piperidine rings is 1. The predicted molar refractivity (Wildman–Crippen MR) is 102 cm³/mol. The van der Waals surface area contributed by atoms with Crippen molar-refractivity contribution in [3.8, 4) is 0 Å². The third kappa shape index (κ3) is 5.42. The molecule has 1 aliphatic rings. The van der Waals surface area contributed by atoms with Gasteiger partial charge in [0.15, 0.2) is 0 Å². The van der Waals surface area contributed by atoms with E-state index in [-0.39, 0.29) is 21.4 Å². The van der Waals surface area contributed by atoms with Gasteiger partial charge in [0.05, 0.1) is 5.02 Å². The maximum Gasteiger partial charge on any atom is 0.251 e. The summed E-state index contributed by atoms with van der Waals surface area (Å²) in [5.74, 6) is -0.00394. The van der Waals surface area contributed by atoms with Gasteiger partial charge in [-0.2, -0.15) is 4.31 Å². The van der Waals surface area contributed by atoms with Gasteiger partial charge < -0.3 is 10.1 Å². The number of hydrogen-bond acceptors (Lipinski definition) is 4. The molecular formula is C18H27ClN2O4S. The number of halogens is 1. The fraction of sp³-hybridized carbons (Fsp3) is 0.611. The minimum absolute atomic E-state index is 0.00441. The van der Waals surface area contributed by atoms with Gasteiger partial charge in [0.1, 0.15) is 4.90 Å². The molecule has 1 aliphatic heterocycles. The average Bonchev–Trinajstić information content (AvgIpc) is 2.61. The van der Waals surface area contributed by atoms with Crippen LogP contribution in [0.25, 0.3) is 0 Å². The quantitative estimate of drug-likeness (QED) is 0.678. The highest BCUT2D eigenvalue weighted by Gasteiger charge is 2.30. The lowest BCUT2D eigenvalue weighted by atomic mass is 10.0. The fourth-order valence-electron chi connectivity index (χ4n) is 2.97. The van der Waals surface area contributed by atoms with E-state index in [4.69, 9.17) is 16.3 Å². The van der Waals surface area contributed by atoms with Crippen molar-refractivity contribution in [3.05, 3.63) is 28.8 Å². The molecule has 0 spiro atoms. The van der Waals surface area contributed by atoms with Crippen molar-refractivity contribution in [2.75, 3.05) is 32.8 Å². The lowest BCUT2D eigenvalue weighted by molar-refractivity contribution is 0.0944. The molecule has 1 heterocycles. The zero-order chi connectivity index (χ0) is 19.2. The molecule has 2 rings (SSSR count). The van der Waals surface area contributed by atoms with E-state index < -0.39 is 10.0 Å².